The average Bonchev–Trinajstić information content (AvgIpc) is 3.16. The number of likely N-dealkylation sites (tertiary alicyclic amines) is 1. The van der Waals surface area contributed by atoms with Gasteiger partial charge in [-0.05, 0) is 25.7 Å². The molecule has 1 saturated carbocycles. The second-order valence-electron chi connectivity index (χ2n) is 7.71. The topological polar surface area (TPSA) is 77.0 Å². The van der Waals surface area contributed by atoms with Crippen molar-refractivity contribution in [3.8, 4) is 11.3 Å². The molecule has 1 aliphatic carbocycles. The summed E-state index contributed by atoms with van der Waals surface area (Å²) in [5.41, 5.74) is 2.82. The first-order valence-electron chi connectivity index (χ1n) is 9.95. The predicted octanol–water partition coefficient (Wildman–Crippen LogP) is 3.22. The monoisotopic (exact) mass is 377 g/mol. The highest BCUT2D eigenvalue weighted by atomic mass is 16.5. The van der Waals surface area contributed by atoms with Crippen LogP contribution in [0.25, 0.3) is 11.3 Å². The lowest BCUT2D eigenvalue weighted by atomic mass is 10.0. The summed E-state index contributed by atoms with van der Waals surface area (Å²) in [6.07, 6.45) is 7.95. The number of rotatable bonds is 6. The molecule has 1 amide bonds. The first kappa shape index (κ1) is 17.2. The Morgan fingerprint density at radius 3 is 2.86 bits per heavy atom. The molecule has 2 fully saturated rings. The maximum Gasteiger partial charge on any atom is 0.222 e. The Bertz CT molecular complexity index is 960. The summed E-state index contributed by atoms with van der Waals surface area (Å²) in [6, 6.07) is 10.2. The molecule has 0 spiro atoms. The maximum atomic E-state index is 12.8. The van der Waals surface area contributed by atoms with Crippen LogP contribution in [-0.4, -0.2) is 43.8 Å². The van der Waals surface area contributed by atoms with Gasteiger partial charge in [0.2, 0.25) is 5.91 Å². The largest absolute Gasteiger partial charge is 0.364 e. The van der Waals surface area contributed by atoms with Crippen molar-refractivity contribution in [1.82, 2.24) is 24.8 Å². The summed E-state index contributed by atoms with van der Waals surface area (Å²) in [5.74, 6) is 1.84. The van der Waals surface area contributed by atoms with Gasteiger partial charge in [-0.25, -0.2) is 0 Å². The van der Waals surface area contributed by atoms with Gasteiger partial charge in [-0.3, -0.25) is 4.79 Å². The Morgan fingerprint density at radius 2 is 2.04 bits per heavy atom. The summed E-state index contributed by atoms with van der Waals surface area (Å²) in [5, 5.41) is 12.5. The highest BCUT2D eigenvalue weighted by Crippen LogP contribution is 2.40. The zero-order valence-corrected chi connectivity index (χ0v) is 15.7. The smallest absolute Gasteiger partial charge is 0.222 e. The molecule has 1 aliphatic heterocycles. The molecule has 1 aromatic carbocycles. The number of nitrogens with zero attached hydrogens (tertiary/aromatic N) is 5. The third-order valence-electron chi connectivity index (χ3n) is 5.75. The van der Waals surface area contributed by atoms with Crippen LogP contribution in [-0.2, 0) is 11.2 Å². The normalized spacial score (nSPS) is 19.3. The van der Waals surface area contributed by atoms with Crippen molar-refractivity contribution in [2.24, 2.45) is 0 Å². The maximum absolute atomic E-state index is 12.8. The summed E-state index contributed by atoms with van der Waals surface area (Å²) in [4.78, 5) is 14.7. The molecule has 0 radical (unpaired) electrons. The highest BCUT2D eigenvalue weighted by Gasteiger charge is 2.34. The van der Waals surface area contributed by atoms with E-state index in [4.69, 9.17) is 4.52 Å². The van der Waals surface area contributed by atoms with Crippen molar-refractivity contribution in [2.75, 3.05) is 13.1 Å². The van der Waals surface area contributed by atoms with Crippen LogP contribution in [0.3, 0.4) is 0 Å². The number of carbonyl (C=O) groups is 1. The first-order chi connectivity index (χ1) is 13.8. The van der Waals surface area contributed by atoms with E-state index in [9.17, 15) is 4.79 Å². The summed E-state index contributed by atoms with van der Waals surface area (Å²) < 4.78 is 7.37. The van der Waals surface area contributed by atoms with Crippen LogP contribution in [0.1, 0.15) is 49.0 Å². The van der Waals surface area contributed by atoms with E-state index in [-0.39, 0.29) is 5.91 Å². The van der Waals surface area contributed by atoms with Crippen LogP contribution in [0, 0.1) is 0 Å². The molecule has 28 heavy (non-hydrogen) atoms. The zero-order chi connectivity index (χ0) is 18.9. The van der Waals surface area contributed by atoms with E-state index in [0.29, 0.717) is 24.8 Å². The summed E-state index contributed by atoms with van der Waals surface area (Å²) in [6.45, 7) is 1.53. The molecule has 0 bridgehead atoms. The van der Waals surface area contributed by atoms with Crippen molar-refractivity contribution in [1.29, 1.82) is 0 Å². The Balaban J connectivity index is 1.21. The minimum absolute atomic E-state index is 0.184. The number of amides is 1. The van der Waals surface area contributed by atoms with Gasteiger partial charge in [-0.1, -0.05) is 35.5 Å². The SMILES string of the molecule is O=C(CCc1conc1-c1ccccc1)N1CCC(n2cnnc2C2CC2)C1. The van der Waals surface area contributed by atoms with Gasteiger partial charge in [-0.2, -0.15) is 0 Å². The minimum Gasteiger partial charge on any atom is -0.364 e. The van der Waals surface area contributed by atoms with E-state index in [1.54, 1.807) is 6.26 Å². The molecular formula is C21H23N5O2. The molecule has 1 unspecified atom stereocenters. The average molecular weight is 377 g/mol. The number of hydrogen-bond donors (Lipinski definition) is 0. The summed E-state index contributed by atoms with van der Waals surface area (Å²) >= 11 is 0. The fraction of sp³-hybridized carbons (Fsp3) is 0.429. The molecule has 3 aromatic rings. The predicted molar refractivity (Wildman–Crippen MR) is 102 cm³/mol. The standard InChI is InChI=1S/C21H23N5O2/c27-19(9-8-17-13-28-24-20(17)15-4-2-1-3-5-15)25-11-10-18(12-25)26-14-22-23-21(26)16-6-7-16/h1-5,13-14,16,18H,6-12H2. The minimum atomic E-state index is 0.184. The van der Waals surface area contributed by atoms with Crippen LogP contribution in [0.2, 0.25) is 0 Å². The van der Waals surface area contributed by atoms with Crippen molar-refractivity contribution in [3.63, 3.8) is 0 Å². The number of hydrogen-bond acceptors (Lipinski definition) is 5. The van der Waals surface area contributed by atoms with Gasteiger partial charge in [-0.15, -0.1) is 10.2 Å². The summed E-state index contributed by atoms with van der Waals surface area (Å²) in [7, 11) is 0. The molecule has 1 atom stereocenters. The molecule has 7 nitrogen and oxygen atoms in total. The van der Waals surface area contributed by atoms with Crippen LogP contribution in [0.15, 0.2) is 47.4 Å². The zero-order valence-electron chi connectivity index (χ0n) is 15.7. The van der Waals surface area contributed by atoms with Crippen LogP contribution in [0.4, 0.5) is 0 Å². The molecule has 2 aliphatic rings. The molecule has 5 rings (SSSR count). The Hall–Kier alpha value is -2.96. The van der Waals surface area contributed by atoms with Crippen LogP contribution >= 0.6 is 0 Å². The Labute approximate surface area is 163 Å². The molecule has 3 heterocycles. The second-order valence-corrected chi connectivity index (χ2v) is 7.71. The third-order valence-corrected chi connectivity index (χ3v) is 5.75. The third kappa shape index (κ3) is 3.32. The fourth-order valence-corrected chi connectivity index (χ4v) is 4.03. The first-order valence-corrected chi connectivity index (χ1v) is 9.95. The van der Waals surface area contributed by atoms with Crippen molar-refractivity contribution >= 4 is 5.91 Å². The number of carbonyl (C=O) groups excluding carboxylic acids is 1. The number of aryl methyl sites for hydroxylation is 1. The lowest BCUT2D eigenvalue weighted by molar-refractivity contribution is -0.130. The fourth-order valence-electron chi connectivity index (χ4n) is 4.03. The Kier molecular flexibility index (Phi) is 4.43. The van der Waals surface area contributed by atoms with Gasteiger partial charge in [0, 0.05) is 36.6 Å². The molecular weight excluding hydrogens is 354 g/mol. The quantitative estimate of drug-likeness (QED) is 0.659. The van der Waals surface area contributed by atoms with Gasteiger partial charge in [0.1, 0.15) is 24.1 Å². The Morgan fingerprint density at radius 1 is 1.18 bits per heavy atom. The van der Waals surface area contributed by atoms with E-state index >= 15 is 0 Å². The van der Waals surface area contributed by atoms with E-state index in [0.717, 1.165) is 42.2 Å². The molecule has 2 aromatic heterocycles. The van der Waals surface area contributed by atoms with E-state index in [2.05, 4.69) is 19.9 Å². The van der Waals surface area contributed by atoms with Gasteiger partial charge in [0.05, 0.1) is 6.04 Å². The van der Waals surface area contributed by atoms with Gasteiger partial charge >= 0.3 is 0 Å². The highest BCUT2D eigenvalue weighted by molar-refractivity contribution is 5.77. The lowest BCUT2D eigenvalue weighted by Gasteiger charge is -2.18. The molecule has 0 N–H and O–H groups in total. The van der Waals surface area contributed by atoms with E-state index in [1.165, 1.54) is 12.8 Å². The number of aromatic nitrogens is 4. The molecule has 144 valence electrons. The second kappa shape index (κ2) is 7.22. The van der Waals surface area contributed by atoms with Gasteiger partial charge in [0.25, 0.3) is 0 Å². The van der Waals surface area contributed by atoms with E-state index < -0.39 is 0 Å². The lowest BCUT2D eigenvalue weighted by Crippen LogP contribution is -2.29. The van der Waals surface area contributed by atoms with Crippen molar-refractivity contribution < 1.29 is 9.32 Å². The van der Waals surface area contributed by atoms with Crippen LogP contribution in [0.5, 0.6) is 0 Å². The van der Waals surface area contributed by atoms with Gasteiger partial charge in [0.15, 0.2) is 0 Å². The molecule has 1 saturated heterocycles. The van der Waals surface area contributed by atoms with Crippen LogP contribution < -0.4 is 0 Å². The van der Waals surface area contributed by atoms with E-state index in [1.807, 2.05) is 41.6 Å². The number of benzene rings is 1. The molecule has 7 heteroatoms. The van der Waals surface area contributed by atoms with Crippen molar-refractivity contribution in [3.05, 3.63) is 54.3 Å². The van der Waals surface area contributed by atoms with Crippen molar-refractivity contribution in [2.45, 2.75) is 44.1 Å². The van der Waals surface area contributed by atoms with Gasteiger partial charge < -0.3 is 14.0 Å².